The predicted molar refractivity (Wildman–Crippen MR) is 68.4 cm³/mol. The Kier molecular flexibility index (Phi) is 4.51. The normalized spacial score (nSPS) is 18.5. The van der Waals surface area contributed by atoms with Gasteiger partial charge in [0.1, 0.15) is 5.82 Å². The van der Waals surface area contributed by atoms with Crippen molar-refractivity contribution in [3.05, 3.63) is 35.6 Å². The molecule has 1 aliphatic rings. The van der Waals surface area contributed by atoms with Crippen LogP contribution in [0, 0.1) is 5.82 Å². The fourth-order valence-corrected chi connectivity index (χ4v) is 2.35. The van der Waals surface area contributed by atoms with Gasteiger partial charge >= 0.3 is 0 Å². The highest BCUT2D eigenvalue weighted by atomic mass is 19.1. The third-order valence-electron chi connectivity index (χ3n) is 3.36. The molecular formula is C14H21FN2. The smallest absolute Gasteiger partial charge is 0.127 e. The van der Waals surface area contributed by atoms with E-state index in [0.29, 0.717) is 0 Å². The molecule has 0 aromatic heterocycles. The SMILES string of the molecule is CCCN1CCN(Cc2ccccc2F)CC1. The number of halogens is 1. The Hall–Kier alpha value is -0.930. The van der Waals surface area contributed by atoms with Crippen molar-refractivity contribution in [1.29, 1.82) is 0 Å². The maximum atomic E-state index is 13.5. The van der Waals surface area contributed by atoms with E-state index in [1.807, 2.05) is 12.1 Å². The molecule has 1 aromatic carbocycles. The summed E-state index contributed by atoms with van der Waals surface area (Å²) in [6.45, 7) is 8.47. The van der Waals surface area contributed by atoms with E-state index >= 15 is 0 Å². The van der Waals surface area contributed by atoms with E-state index in [2.05, 4.69) is 16.7 Å². The quantitative estimate of drug-likeness (QED) is 0.792. The maximum absolute atomic E-state index is 13.5. The Balaban J connectivity index is 1.84. The number of piperazine rings is 1. The molecule has 0 amide bonds. The fraction of sp³-hybridized carbons (Fsp3) is 0.571. The fourth-order valence-electron chi connectivity index (χ4n) is 2.35. The highest BCUT2D eigenvalue weighted by Crippen LogP contribution is 2.11. The van der Waals surface area contributed by atoms with Gasteiger partial charge in [-0.2, -0.15) is 0 Å². The van der Waals surface area contributed by atoms with Gasteiger partial charge in [0, 0.05) is 38.3 Å². The lowest BCUT2D eigenvalue weighted by atomic mass is 10.2. The zero-order valence-electron chi connectivity index (χ0n) is 10.5. The lowest BCUT2D eigenvalue weighted by Crippen LogP contribution is -2.46. The Morgan fingerprint density at radius 2 is 1.71 bits per heavy atom. The van der Waals surface area contributed by atoms with Crippen molar-refractivity contribution in [1.82, 2.24) is 9.80 Å². The second kappa shape index (κ2) is 6.12. The highest BCUT2D eigenvalue weighted by molar-refractivity contribution is 5.17. The zero-order valence-corrected chi connectivity index (χ0v) is 10.5. The van der Waals surface area contributed by atoms with Crippen molar-refractivity contribution in [2.75, 3.05) is 32.7 Å². The molecule has 94 valence electrons. The number of benzene rings is 1. The topological polar surface area (TPSA) is 6.48 Å². The van der Waals surface area contributed by atoms with Crippen molar-refractivity contribution in [3.8, 4) is 0 Å². The standard InChI is InChI=1S/C14H21FN2/c1-2-7-16-8-10-17(11-9-16)12-13-5-3-4-6-14(13)15/h3-6H,2,7-12H2,1H3. The summed E-state index contributed by atoms with van der Waals surface area (Å²) in [5, 5.41) is 0. The lowest BCUT2D eigenvalue weighted by molar-refractivity contribution is 0.126. The van der Waals surface area contributed by atoms with Crippen LogP contribution in [0.5, 0.6) is 0 Å². The van der Waals surface area contributed by atoms with Crippen LogP contribution in [0.25, 0.3) is 0 Å². The minimum absolute atomic E-state index is 0.0801. The van der Waals surface area contributed by atoms with Crippen molar-refractivity contribution in [3.63, 3.8) is 0 Å². The molecule has 1 fully saturated rings. The van der Waals surface area contributed by atoms with Crippen LogP contribution in [0.4, 0.5) is 4.39 Å². The van der Waals surface area contributed by atoms with E-state index in [1.54, 1.807) is 12.1 Å². The van der Waals surface area contributed by atoms with E-state index in [1.165, 1.54) is 13.0 Å². The van der Waals surface area contributed by atoms with Crippen LogP contribution in [-0.4, -0.2) is 42.5 Å². The monoisotopic (exact) mass is 236 g/mol. The summed E-state index contributed by atoms with van der Waals surface area (Å²) in [6.07, 6.45) is 1.22. The molecule has 17 heavy (non-hydrogen) atoms. The van der Waals surface area contributed by atoms with E-state index in [0.717, 1.165) is 38.3 Å². The summed E-state index contributed by atoms with van der Waals surface area (Å²) in [7, 11) is 0. The molecule has 0 atom stereocenters. The molecule has 1 aromatic rings. The summed E-state index contributed by atoms with van der Waals surface area (Å²) in [5.74, 6) is -0.0801. The van der Waals surface area contributed by atoms with Gasteiger partial charge in [-0.25, -0.2) is 4.39 Å². The second-order valence-electron chi connectivity index (χ2n) is 4.71. The molecule has 0 bridgehead atoms. The molecular weight excluding hydrogens is 215 g/mol. The van der Waals surface area contributed by atoms with Crippen LogP contribution in [0.2, 0.25) is 0 Å². The Labute approximate surface area is 103 Å². The van der Waals surface area contributed by atoms with Gasteiger partial charge in [0.2, 0.25) is 0 Å². The number of hydrogen-bond donors (Lipinski definition) is 0. The molecule has 0 radical (unpaired) electrons. The first kappa shape index (κ1) is 12.5. The predicted octanol–water partition coefficient (Wildman–Crippen LogP) is 2.35. The van der Waals surface area contributed by atoms with Gasteiger partial charge in [0.15, 0.2) is 0 Å². The van der Waals surface area contributed by atoms with Crippen LogP contribution in [-0.2, 0) is 6.54 Å². The van der Waals surface area contributed by atoms with Crippen LogP contribution in [0.15, 0.2) is 24.3 Å². The van der Waals surface area contributed by atoms with Crippen molar-refractivity contribution in [2.24, 2.45) is 0 Å². The molecule has 1 saturated heterocycles. The molecule has 1 heterocycles. The molecule has 2 nitrogen and oxygen atoms in total. The van der Waals surface area contributed by atoms with Gasteiger partial charge in [-0.15, -0.1) is 0 Å². The largest absolute Gasteiger partial charge is 0.301 e. The Morgan fingerprint density at radius 1 is 1.06 bits per heavy atom. The third kappa shape index (κ3) is 3.51. The van der Waals surface area contributed by atoms with E-state index < -0.39 is 0 Å². The Bertz CT molecular complexity index is 346. The summed E-state index contributed by atoms with van der Waals surface area (Å²) < 4.78 is 13.5. The molecule has 0 unspecified atom stereocenters. The maximum Gasteiger partial charge on any atom is 0.127 e. The minimum Gasteiger partial charge on any atom is -0.301 e. The van der Waals surface area contributed by atoms with E-state index in [-0.39, 0.29) is 5.82 Å². The average molecular weight is 236 g/mol. The highest BCUT2D eigenvalue weighted by Gasteiger charge is 2.16. The van der Waals surface area contributed by atoms with Crippen molar-refractivity contribution >= 4 is 0 Å². The van der Waals surface area contributed by atoms with Crippen LogP contribution >= 0.6 is 0 Å². The third-order valence-corrected chi connectivity index (χ3v) is 3.36. The van der Waals surface area contributed by atoms with Gasteiger partial charge in [-0.1, -0.05) is 25.1 Å². The van der Waals surface area contributed by atoms with Crippen molar-refractivity contribution < 1.29 is 4.39 Å². The van der Waals surface area contributed by atoms with Gasteiger partial charge in [0.05, 0.1) is 0 Å². The summed E-state index contributed by atoms with van der Waals surface area (Å²) >= 11 is 0. The molecule has 0 spiro atoms. The number of hydrogen-bond acceptors (Lipinski definition) is 2. The van der Waals surface area contributed by atoms with Crippen LogP contribution in [0.1, 0.15) is 18.9 Å². The molecule has 1 aliphatic heterocycles. The number of nitrogens with zero attached hydrogens (tertiary/aromatic N) is 2. The van der Waals surface area contributed by atoms with Gasteiger partial charge < -0.3 is 4.90 Å². The van der Waals surface area contributed by atoms with E-state index in [4.69, 9.17) is 0 Å². The van der Waals surface area contributed by atoms with Crippen LogP contribution in [0.3, 0.4) is 0 Å². The second-order valence-corrected chi connectivity index (χ2v) is 4.71. The summed E-state index contributed by atoms with van der Waals surface area (Å²) in [5.41, 5.74) is 0.816. The molecule has 3 heteroatoms. The van der Waals surface area contributed by atoms with E-state index in [9.17, 15) is 4.39 Å². The first-order valence-corrected chi connectivity index (χ1v) is 6.47. The van der Waals surface area contributed by atoms with Gasteiger partial charge in [0.25, 0.3) is 0 Å². The van der Waals surface area contributed by atoms with Gasteiger partial charge in [-0.05, 0) is 19.0 Å². The first-order chi connectivity index (χ1) is 8.29. The van der Waals surface area contributed by atoms with Gasteiger partial charge in [-0.3, -0.25) is 4.90 Å². The molecule has 0 N–H and O–H groups in total. The van der Waals surface area contributed by atoms with Crippen LogP contribution < -0.4 is 0 Å². The zero-order chi connectivity index (χ0) is 12.1. The van der Waals surface area contributed by atoms with Crippen molar-refractivity contribution in [2.45, 2.75) is 19.9 Å². The summed E-state index contributed by atoms with van der Waals surface area (Å²) in [4.78, 5) is 4.82. The molecule has 0 aliphatic carbocycles. The summed E-state index contributed by atoms with van der Waals surface area (Å²) in [6, 6.07) is 7.08. The number of rotatable bonds is 4. The first-order valence-electron chi connectivity index (χ1n) is 6.47. The lowest BCUT2D eigenvalue weighted by Gasteiger charge is -2.34. The molecule has 0 saturated carbocycles. The minimum atomic E-state index is -0.0801. The average Bonchev–Trinajstić information content (AvgIpc) is 2.35. The Morgan fingerprint density at radius 3 is 2.35 bits per heavy atom. The molecule has 2 rings (SSSR count).